The van der Waals surface area contributed by atoms with E-state index in [1.807, 2.05) is 36.1 Å². The van der Waals surface area contributed by atoms with E-state index in [0.29, 0.717) is 12.4 Å². The largest absolute Gasteiger partial charge is 0.399 e. The van der Waals surface area contributed by atoms with Crippen LogP contribution in [0.25, 0.3) is 0 Å². The van der Waals surface area contributed by atoms with E-state index in [4.69, 9.17) is 10.9 Å². The van der Waals surface area contributed by atoms with Gasteiger partial charge in [0.1, 0.15) is 10.7 Å². The van der Waals surface area contributed by atoms with E-state index in [9.17, 15) is 8.42 Å². The lowest BCUT2D eigenvalue weighted by Crippen LogP contribution is -2.23. The Balaban J connectivity index is 2.19. The lowest BCUT2D eigenvalue weighted by atomic mass is 10.2. The van der Waals surface area contributed by atoms with Gasteiger partial charge in [0.2, 0.25) is 10.0 Å². The van der Waals surface area contributed by atoms with E-state index in [-0.39, 0.29) is 4.90 Å². The predicted molar refractivity (Wildman–Crippen MR) is 83.2 cm³/mol. The van der Waals surface area contributed by atoms with Crippen molar-refractivity contribution >= 4 is 21.5 Å². The van der Waals surface area contributed by atoms with Crippen molar-refractivity contribution in [3.8, 4) is 0 Å². The third-order valence-corrected chi connectivity index (χ3v) is 4.01. The molecule has 0 atom stereocenters. The minimum atomic E-state index is -3.71. The molecule has 1 heterocycles. The van der Waals surface area contributed by atoms with Gasteiger partial charge in [0.25, 0.3) is 0 Å². The monoisotopic (exact) mass is 306 g/mol. The predicted octanol–water partition coefficient (Wildman–Crippen LogP) is 1.34. The molecular weight excluding hydrogens is 288 g/mol. The van der Waals surface area contributed by atoms with Gasteiger partial charge in [0.05, 0.1) is 0 Å². The van der Waals surface area contributed by atoms with Crippen LogP contribution in [-0.2, 0) is 16.6 Å². The fourth-order valence-electron chi connectivity index (χ4n) is 1.93. The second-order valence-electron chi connectivity index (χ2n) is 4.65. The van der Waals surface area contributed by atoms with Crippen molar-refractivity contribution in [2.45, 2.75) is 18.4 Å². The van der Waals surface area contributed by atoms with Crippen molar-refractivity contribution in [2.24, 2.45) is 5.14 Å². The Morgan fingerprint density at radius 3 is 2.29 bits per heavy atom. The Hall–Kier alpha value is -2.12. The van der Waals surface area contributed by atoms with Gasteiger partial charge in [-0.3, -0.25) is 0 Å². The molecule has 7 heteroatoms. The highest BCUT2D eigenvalue weighted by molar-refractivity contribution is 7.89. The van der Waals surface area contributed by atoms with Crippen LogP contribution in [0.4, 0.5) is 11.5 Å². The molecule has 0 bridgehead atoms. The van der Waals surface area contributed by atoms with Gasteiger partial charge in [-0.15, -0.1) is 0 Å². The molecule has 0 saturated carbocycles. The Labute approximate surface area is 124 Å². The van der Waals surface area contributed by atoms with E-state index < -0.39 is 10.0 Å². The van der Waals surface area contributed by atoms with Gasteiger partial charge in [0, 0.05) is 25.0 Å². The Bertz CT molecular complexity index is 697. The van der Waals surface area contributed by atoms with Crippen LogP contribution in [0.2, 0.25) is 0 Å². The van der Waals surface area contributed by atoms with E-state index in [2.05, 4.69) is 4.98 Å². The number of nitrogen functional groups attached to an aromatic ring is 1. The van der Waals surface area contributed by atoms with Crippen LogP contribution in [0.3, 0.4) is 0 Å². The second kappa shape index (κ2) is 6.11. The number of pyridine rings is 1. The number of nitrogens with zero attached hydrogens (tertiary/aromatic N) is 2. The fraction of sp³-hybridized carbons (Fsp3) is 0.214. The molecule has 0 radical (unpaired) electrons. The molecule has 0 aliphatic heterocycles. The molecule has 1 aromatic carbocycles. The summed E-state index contributed by atoms with van der Waals surface area (Å²) in [6.45, 7) is 3.41. The van der Waals surface area contributed by atoms with Crippen molar-refractivity contribution in [3.05, 3.63) is 48.2 Å². The van der Waals surface area contributed by atoms with Crippen molar-refractivity contribution in [1.82, 2.24) is 4.98 Å². The smallest absolute Gasteiger partial charge is 0.239 e. The normalized spacial score (nSPS) is 11.3. The van der Waals surface area contributed by atoms with E-state index in [1.54, 1.807) is 6.07 Å². The van der Waals surface area contributed by atoms with Gasteiger partial charge < -0.3 is 10.6 Å². The summed E-state index contributed by atoms with van der Waals surface area (Å²) in [6, 6.07) is 10.7. The third-order valence-electron chi connectivity index (χ3n) is 3.11. The van der Waals surface area contributed by atoms with E-state index in [1.165, 1.54) is 12.3 Å². The number of anilines is 2. The van der Waals surface area contributed by atoms with Gasteiger partial charge in [-0.1, -0.05) is 12.1 Å². The molecule has 2 rings (SSSR count). The van der Waals surface area contributed by atoms with Crippen LogP contribution >= 0.6 is 0 Å². The zero-order valence-corrected chi connectivity index (χ0v) is 12.5. The molecule has 0 aliphatic carbocycles. The van der Waals surface area contributed by atoms with E-state index in [0.717, 1.165) is 17.8 Å². The van der Waals surface area contributed by atoms with Crippen molar-refractivity contribution in [1.29, 1.82) is 0 Å². The van der Waals surface area contributed by atoms with Gasteiger partial charge >= 0.3 is 0 Å². The van der Waals surface area contributed by atoms with Crippen molar-refractivity contribution in [3.63, 3.8) is 0 Å². The first kappa shape index (κ1) is 15.3. The molecule has 4 N–H and O–H groups in total. The first-order valence-electron chi connectivity index (χ1n) is 6.48. The topological polar surface area (TPSA) is 102 Å². The summed E-state index contributed by atoms with van der Waals surface area (Å²) in [5, 5.41) is 5.06. The average Bonchev–Trinajstić information content (AvgIpc) is 2.46. The molecule has 0 spiro atoms. The van der Waals surface area contributed by atoms with Crippen LogP contribution in [0.5, 0.6) is 0 Å². The molecule has 0 saturated heterocycles. The number of nitrogens with two attached hydrogens (primary N) is 2. The van der Waals surface area contributed by atoms with Gasteiger partial charge in [0.15, 0.2) is 0 Å². The lowest BCUT2D eigenvalue weighted by Gasteiger charge is -2.22. The zero-order valence-electron chi connectivity index (χ0n) is 11.7. The van der Waals surface area contributed by atoms with Crippen LogP contribution in [0.1, 0.15) is 12.5 Å². The minimum absolute atomic E-state index is 0.00906. The quantitative estimate of drug-likeness (QED) is 0.811. The second-order valence-corrected chi connectivity index (χ2v) is 6.21. The molecule has 0 amide bonds. The summed E-state index contributed by atoms with van der Waals surface area (Å²) in [4.78, 5) is 6.21. The number of hydrogen-bond donors (Lipinski definition) is 2. The first-order chi connectivity index (χ1) is 9.90. The summed E-state index contributed by atoms with van der Waals surface area (Å²) < 4.78 is 22.4. The number of aromatic nitrogens is 1. The van der Waals surface area contributed by atoms with Crippen LogP contribution < -0.4 is 15.8 Å². The molecule has 0 unspecified atom stereocenters. The molecule has 6 nitrogen and oxygen atoms in total. The van der Waals surface area contributed by atoms with Gasteiger partial charge in [-0.05, 0) is 36.8 Å². The maximum absolute atomic E-state index is 11.2. The summed E-state index contributed by atoms with van der Waals surface area (Å²) in [5.41, 5.74) is 7.48. The molecule has 0 fully saturated rings. The Morgan fingerprint density at radius 1 is 1.14 bits per heavy atom. The number of sulfonamides is 1. The van der Waals surface area contributed by atoms with Gasteiger partial charge in [-0.2, -0.15) is 0 Å². The minimum Gasteiger partial charge on any atom is -0.399 e. The molecule has 0 aliphatic rings. The molecule has 2 aromatic rings. The fourth-order valence-corrected chi connectivity index (χ4v) is 2.38. The van der Waals surface area contributed by atoms with E-state index >= 15 is 0 Å². The van der Waals surface area contributed by atoms with Crippen molar-refractivity contribution < 1.29 is 8.42 Å². The number of benzene rings is 1. The van der Waals surface area contributed by atoms with Crippen LogP contribution in [-0.4, -0.2) is 19.9 Å². The molecule has 1 aromatic heterocycles. The Morgan fingerprint density at radius 2 is 1.81 bits per heavy atom. The highest BCUT2D eigenvalue weighted by Crippen LogP contribution is 2.17. The summed E-state index contributed by atoms with van der Waals surface area (Å²) in [6.07, 6.45) is 1.27. The SMILES string of the molecule is CCN(Cc1ccc(N)cc1)c1ccc(S(N)(=O)=O)cn1. The number of primary sulfonamides is 1. The molecule has 21 heavy (non-hydrogen) atoms. The highest BCUT2D eigenvalue weighted by Gasteiger charge is 2.11. The summed E-state index contributed by atoms with van der Waals surface area (Å²) in [5.74, 6) is 0.696. The maximum Gasteiger partial charge on any atom is 0.239 e. The van der Waals surface area contributed by atoms with Crippen LogP contribution in [0.15, 0.2) is 47.5 Å². The molecule has 112 valence electrons. The Kier molecular flexibility index (Phi) is 4.44. The van der Waals surface area contributed by atoms with Crippen LogP contribution in [0, 0.1) is 0 Å². The number of hydrogen-bond acceptors (Lipinski definition) is 5. The van der Waals surface area contributed by atoms with Gasteiger partial charge in [-0.25, -0.2) is 18.5 Å². The average molecular weight is 306 g/mol. The highest BCUT2D eigenvalue weighted by atomic mass is 32.2. The summed E-state index contributed by atoms with van der Waals surface area (Å²) in [7, 11) is -3.71. The van der Waals surface area contributed by atoms with Crippen molar-refractivity contribution in [2.75, 3.05) is 17.2 Å². The third kappa shape index (κ3) is 3.93. The maximum atomic E-state index is 11.2. The zero-order chi connectivity index (χ0) is 15.5. The first-order valence-corrected chi connectivity index (χ1v) is 8.03. The lowest BCUT2D eigenvalue weighted by molar-refractivity contribution is 0.597. The standard InChI is InChI=1S/C14H18N4O2S/c1-2-18(10-11-3-5-12(15)6-4-11)14-8-7-13(9-17-14)21(16,19)20/h3-9H,2,10,15H2,1H3,(H2,16,19,20). The molecular formula is C14H18N4O2S. The summed E-state index contributed by atoms with van der Waals surface area (Å²) >= 11 is 0. The number of rotatable bonds is 5.